The van der Waals surface area contributed by atoms with E-state index in [1.54, 1.807) is 11.3 Å². The van der Waals surface area contributed by atoms with Gasteiger partial charge in [-0.3, -0.25) is 0 Å². The van der Waals surface area contributed by atoms with Crippen LogP contribution in [0.1, 0.15) is 0 Å². The fourth-order valence-corrected chi connectivity index (χ4v) is 9.90. The molecular weight excluding hydrogens is 697 g/mol. The SMILES string of the molecule is c1ccc(-c2nc3c(ccc4sc5cc(N(c6ccc(-c7ccccc7)c(-c7ccccc7)c6)c6ccc7oc8ccccc8c7c6)ccc5c43)s2)cc1. The summed E-state index contributed by atoms with van der Waals surface area (Å²) in [5.41, 5.74) is 12.0. The van der Waals surface area contributed by atoms with E-state index in [4.69, 9.17) is 9.40 Å². The van der Waals surface area contributed by atoms with Crippen LogP contribution in [0.2, 0.25) is 0 Å². The number of benzene rings is 8. The molecule has 3 nitrogen and oxygen atoms in total. The van der Waals surface area contributed by atoms with Gasteiger partial charge in [0.1, 0.15) is 16.2 Å². The summed E-state index contributed by atoms with van der Waals surface area (Å²) in [5.74, 6) is 0. The van der Waals surface area contributed by atoms with E-state index in [2.05, 4.69) is 175 Å². The van der Waals surface area contributed by atoms with Crippen molar-refractivity contribution in [2.24, 2.45) is 0 Å². The first kappa shape index (κ1) is 31.0. The molecule has 0 N–H and O–H groups in total. The maximum atomic E-state index is 6.27. The number of furan rings is 1. The van der Waals surface area contributed by atoms with Gasteiger partial charge in [0.05, 0.1) is 10.2 Å². The van der Waals surface area contributed by atoms with Crippen molar-refractivity contribution in [3.63, 3.8) is 0 Å². The first-order valence-corrected chi connectivity index (χ1v) is 19.7. The molecular formula is C49H30N2OS2. The van der Waals surface area contributed by atoms with Crippen molar-refractivity contribution in [3.05, 3.63) is 182 Å². The molecule has 3 heterocycles. The second-order valence-electron chi connectivity index (χ2n) is 13.5. The molecule has 0 radical (unpaired) electrons. The molecule has 0 saturated carbocycles. The molecule has 0 amide bonds. The van der Waals surface area contributed by atoms with E-state index in [1.807, 2.05) is 23.5 Å². The average Bonchev–Trinajstić information content (AvgIpc) is 3.95. The molecule has 0 fully saturated rings. The lowest BCUT2D eigenvalue weighted by Crippen LogP contribution is -2.10. The number of hydrogen-bond acceptors (Lipinski definition) is 5. The predicted molar refractivity (Wildman–Crippen MR) is 231 cm³/mol. The van der Waals surface area contributed by atoms with Crippen molar-refractivity contribution in [1.29, 1.82) is 0 Å². The molecule has 54 heavy (non-hydrogen) atoms. The molecule has 8 aromatic carbocycles. The summed E-state index contributed by atoms with van der Waals surface area (Å²) in [7, 11) is 0. The third-order valence-electron chi connectivity index (χ3n) is 10.3. The number of thiazole rings is 1. The van der Waals surface area contributed by atoms with E-state index in [0.717, 1.165) is 55.1 Å². The van der Waals surface area contributed by atoms with Crippen LogP contribution in [0.4, 0.5) is 17.1 Å². The number of nitrogens with zero attached hydrogens (tertiary/aromatic N) is 2. The van der Waals surface area contributed by atoms with Gasteiger partial charge in [-0.05, 0) is 82.9 Å². The van der Waals surface area contributed by atoms with Crippen LogP contribution in [0.3, 0.4) is 0 Å². The Bertz CT molecular complexity index is 3160. The quantitative estimate of drug-likeness (QED) is 0.171. The second-order valence-corrected chi connectivity index (χ2v) is 15.6. The lowest BCUT2D eigenvalue weighted by Gasteiger charge is -2.27. The molecule has 254 valence electrons. The number of hydrogen-bond donors (Lipinski definition) is 0. The Kier molecular flexibility index (Phi) is 7.22. The largest absolute Gasteiger partial charge is 0.456 e. The first-order chi connectivity index (χ1) is 26.7. The smallest absolute Gasteiger partial charge is 0.135 e. The maximum absolute atomic E-state index is 6.27. The van der Waals surface area contributed by atoms with Crippen LogP contribution in [0.15, 0.2) is 186 Å². The minimum atomic E-state index is 0.881. The Morgan fingerprint density at radius 2 is 1.02 bits per heavy atom. The van der Waals surface area contributed by atoms with Crippen molar-refractivity contribution < 1.29 is 4.42 Å². The van der Waals surface area contributed by atoms with Crippen LogP contribution >= 0.6 is 22.7 Å². The molecule has 3 aromatic heterocycles. The lowest BCUT2D eigenvalue weighted by atomic mass is 9.93. The minimum Gasteiger partial charge on any atom is -0.456 e. The topological polar surface area (TPSA) is 29.3 Å². The standard InChI is InChI=1S/C49H30N2OS2/c1-4-12-31(13-5-1)37-23-20-34(28-40(37)32-14-6-2-7-15-32)51(35-22-25-43-41(29-35)38-18-10-11-19-42(38)52-43)36-21-24-39-46(30-36)53-44-26-27-45-48(47(39)44)50-49(54-45)33-16-8-3-9-17-33/h1-30H. The van der Waals surface area contributed by atoms with E-state index < -0.39 is 0 Å². The monoisotopic (exact) mass is 726 g/mol. The molecule has 5 heteroatoms. The zero-order valence-electron chi connectivity index (χ0n) is 28.9. The van der Waals surface area contributed by atoms with Gasteiger partial charge in [-0.15, -0.1) is 22.7 Å². The number of anilines is 3. The van der Waals surface area contributed by atoms with Crippen molar-refractivity contribution in [3.8, 4) is 32.8 Å². The zero-order valence-corrected chi connectivity index (χ0v) is 30.6. The minimum absolute atomic E-state index is 0.881. The van der Waals surface area contributed by atoms with Gasteiger partial charge in [0.25, 0.3) is 0 Å². The fraction of sp³-hybridized carbons (Fsp3) is 0. The van der Waals surface area contributed by atoms with Gasteiger partial charge < -0.3 is 9.32 Å². The normalized spacial score (nSPS) is 11.7. The van der Waals surface area contributed by atoms with Gasteiger partial charge >= 0.3 is 0 Å². The van der Waals surface area contributed by atoms with Gasteiger partial charge in [-0.25, -0.2) is 4.98 Å². The van der Waals surface area contributed by atoms with E-state index in [-0.39, 0.29) is 0 Å². The molecule has 0 bridgehead atoms. The summed E-state index contributed by atoms with van der Waals surface area (Å²) in [6.45, 7) is 0. The van der Waals surface area contributed by atoms with E-state index >= 15 is 0 Å². The highest BCUT2D eigenvalue weighted by Gasteiger charge is 2.20. The van der Waals surface area contributed by atoms with E-state index in [0.29, 0.717) is 0 Å². The third-order valence-corrected chi connectivity index (χ3v) is 12.5. The van der Waals surface area contributed by atoms with Gasteiger partial charge in [0.2, 0.25) is 0 Å². The van der Waals surface area contributed by atoms with Crippen LogP contribution in [0.5, 0.6) is 0 Å². The van der Waals surface area contributed by atoms with Crippen LogP contribution < -0.4 is 4.90 Å². The number of fused-ring (bicyclic) bond motifs is 8. The molecule has 0 aliphatic heterocycles. The van der Waals surface area contributed by atoms with Gasteiger partial charge in [-0.2, -0.15) is 0 Å². The number of para-hydroxylation sites is 1. The molecule has 0 atom stereocenters. The maximum Gasteiger partial charge on any atom is 0.135 e. The Balaban J connectivity index is 1.13. The Hall–Kier alpha value is -6.53. The van der Waals surface area contributed by atoms with E-state index in [1.165, 1.54) is 47.1 Å². The number of thiophene rings is 1. The van der Waals surface area contributed by atoms with Gasteiger partial charge in [-0.1, -0.05) is 121 Å². The summed E-state index contributed by atoms with van der Waals surface area (Å²) in [4.78, 5) is 7.60. The average molecular weight is 727 g/mol. The fourth-order valence-electron chi connectivity index (χ4n) is 7.78. The summed E-state index contributed by atoms with van der Waals surface area (Å²) in [5, 5.41) is 5.72. The van der Waals surface area contributed by atoms with E-state index in [9.17, 15) is 0 Å². The molecule has 0 unspecified atom stereocenters. The summed E-state index contributed by atoms with van der Waals surface area (Å²) < 4.78 is 9.96. The van der Waals surface area contributed by atoms with Crippen LogP contribution in [0.25, 0.3) is 85.2 Å². The third kappa shape index (κ3) is 5.12. The summed E-state index contributed by atoms with van der Waals surface area (Å²) in [6.07, 6.45) is 0. The van der Waals surface area contributed by atoms with Gasteiger partial charge in [0.15, 0.2) is 0 Å². The van der Waals surface area contributed by atoms with Crippen molar-refractivity contribution in [1.82, 2.24) is 4.98 Å². The Morgan fingerprint density at radius 3 is 1.81 bits per heavy atom. The molecule has 0 spiro atoms. The molecule has 0 aliphatic carbocycles. The zero-order chi connectivity index (χ0) is 35.6. The summed E-state index contributed by atoms with van der Waals surface area (Å²) >= 11 is 3.59. The molecule has 0 aliphatic rings. The Labute approximate surface area is 319 Å². The number of aromatic nitrogens is 1. The van der Waals surface area contributed by atoms with Crippen molar-refractivity contribution >= 4 is 92.1 Å². The lowest BCUT2D eigenvalue weighted by molar-refractivity contribution is 0.669. The van der Waals surface area contributed by atoms with Crippen LogP contribution in [-0.4, -0.2) is 4.98 Å². The summed E-state index contributed by atoms with van der Waals surface area (Å²) in [6, 6.07) is 65.0. The van der Waals surface area contributed by atoms with Gasteiger partial charge in [0, 0.05) is 53.6 Å². The highest BCUT2D eigenvalue weighted by atomic mass is 32.1. The molecule has 11 rings (SSSR count). The molecule has 11 aromatic rings. The highest BCUT2D eigenvalue weighted by Crippen LogP contribution is 2.46. The highest BCUT2D eigenvalue weighted by molar-refractivity contribution is 7.26. The number of rotatable bonds is 6. The molecule has 0 saturated heterocycles. The van der Waals surface area contributed by atoms with Crippen LogP contribution in [0, 0.1) is 0 Å². The Morgan fingerprint density at radius 1 is 0.407 bits per heavy atom. The second kappa shape index (κ2) is 12.6. The first-order valence-electron chi connectivity index (χ1n) is 18.0. The predicted octanol–water partition coefficient (Wildman–Crippen LogP) is 15.0. The van der Waals surface area contributed by atoms with Crippen molar-refractivity contribution in [2.75, 3.05) is 4.90 Å². The van der Waals surface area contributed by atoms with Crippen LogP contribution in [-0.2, 0) is 0 Å². The van der Waals surface area contributed by atoms with Crippen molar-refractivity contribution in [2.45, 2.75) is 0 Å².